The Morgan fingerprint density at radius 1 is 1.33 bits per heavy atom. The highest BCUT2D eigenvalue weighted by Crippen LogP contribution is 1.94. The molecule has 3 heteroatoms. The average Bonchev–Trinajstić information content (AvgIpc) is 2.04. The summed E-state index contributed by atoms with van der Waals surface area (Å²) in [5.41, 5.74) is 0. The molecule has 0 bridgehead atoms. The van der Waals surface area contributed by atoms with E-state index >= 15 is 0 Å². The number of hydrogen-bond acceptors (Lipinski definition) is 1. The smallest absolute Gasteiger partial charge is 0.247 e. The monoisotopic (exact) mass is 277 g/mol. The van der Waals surface area contributed by atoms with Gasteiger partial charge in [0.2, 0.25) is 5.91 Å². The molecule has 0 saturated heterocycles. The molecule has 0 aromatic heterocycles. The summed E-state index contributed by atoms with van der Waals surface area (Å²) in [5.74, 6) is -0.01000. The van der Waals surface area contributed by atoms with Crippen LogP contribution in [0.3, 0.4) is 0 Å². The molecule has 0 aliphatic rings. The standard InChI is InChI=1S/C9H12INO/c1-3-7-11(8-4-2)9(12)5-6-10/h3-6H,1-2,7-8H2/b6-5-. The summed E-state index contributed by atoms with van der Waals surface area (Å²) in [5, 5.41) is 0. The van der Waals surface area contributed by atoms with E-state index in [1.807, 2.05) is 22.6 Å². The molecule has 0 spiro atoms. The highest BCUT2D eigenvalue weighted by atomic mass is 127. The predicted molar refractivity (Wildman–Crippen MR) is 60.1 cm³/mol. The summed E-state index contributed by atoms with van der Waals surface area (Å²) >= 11 is 2.01. The first kappa shape index (κ1) is 11.4. The number of hydrogen-bond donors (Lipinski definition) is 0. The van der Waals surface area contributed by atoms with Gasteiger partial charge in [-0.05, 0) is 4.08 Å². The van der Waals surface area contributed by atoms with Crippen molar-refractivity contribution in [3.63, 3.8) is 0 Å². The Labute approximate surface area is 86.8 Å². The molecule has 0 unspecified atom stereocenters. The molecule has 66 valence electrons. The summed E-state index contributed by atoms with van der Waals surface area (Å²) < 4.78 is 1.69. The first-order chi connectivity index (χ1) is 5.76. The minimum absolute atomic E-state index is 0.01000. The summed E-state index contributed by atoms with van der Waals surface area (Å²) in [7, 11) is 0. The lowest BCUT2D eigenvalue weighted by Crippen LogP contribution is -2.29. The van der Waals surface area contributed by atoms with Gasteiger partial charge in [-0.1, -0.05) is 34.7 Å². The fraction of sp³-hybridized carbons (Fsp3) is 0.222. The molecule has 0 atom stereocenters. The summed E-state index contributed by atoms with van der Waals surface area (Å²) in [4.78, 5) is 12.9. The van der Waals surface area contributed by atoms with Gasteiger partial charge in [0, 0.05) is 19.2 Å². The van der Waals surface area contributed by atoms with E-state index in [9.17, 15) is 4.79 Å². The molecule has 0 aliphatic carbocycles. The van der Waals surface area contributed by atoms with Crippen molar-refractivity contribution in [3.8, 4) is 0 Å². The fourth-order valence-electron chi connectivity index (χ4n) is 0.725. The van der Waals surface area contributed by atoms with Gasteiger partial charge in [-0.2, -0.15) is 0 Å². The van der Waals surface area contributed by atoms with Crippen molar-refractivity contribution < 1.29 is 4.79 Å². The topological polar surface area (TPSA) is 20.3 Å². The van der Waals surface area contributed by atoms with Gasteiger partial charge in [-0.25, -0.2) is 0 Å². The van der Waals surface area contributed by atoms with Gasteiger partial charge in [-0.15, -0.1) is 13.2 Å². The van der Waals surface area contributed by atoms with Crippen LogP contribution in [0.2, 0.25) is 0 Å². The molecule has 1 amide bonds. The van der Waals surface area contributed by atoms with E-state index in [4.69, 9.17) is 0 Å². The molecule has 0 fully saturated rings. The third kappa shape index (κ3) is 4.33. The first-order valence-electron chi connectivity index (χ1n) is 3.53. The molecular formula is C9H12INO. The number of carbonyl (C=O) groups excluding carboxylic acids is 1. The lowest BCUT2D eigenvalue weighted by molar-refractivity contribution is -0.125. The summed E-state index contributed by atoms with van der Waals surface area (Å²) in [6, 6.07) is 0. The Morgan fingerprint density at radius 3 is 2.17 bits per heavy atom. The highest BCUT2D eigenvalue weighted by Gasteiger charge is 2.04. The van der Waals surface area contributed by atoms with Crippen LogP contribution in [0.15, 0.2) is 35.5 Å². The second-order valence-corrected chi connectivity index (χ2v) is 2.83. The predicted octanol–water partition coefficient (Wildman–Crippen LogP) is 2.14. The Morgan fingerprint density at radius 2 is 1.83 bits per heavy atom. The Hall–Kier alpha value is -0.580. The molecule has 12 heavy (non-hydrogen) atoms. The van der Waals surface area contributed by atoms with Crippen LogP contribution < -0.4 is 0 Å². The molecule has 0 rings (SSSR count). The molecule has 0 aromatic rings. The van der Waals surface area contributed by atoms with E-state index in [0.29, 0.717) is 13.1 Å². The largest absolute Gasteiger partial charge is 0.332 e. The first-order valence-corrected chi connectivity index (χ1v) is 4.78. The fourth-order valence-corrected chi connectivity index (χ4v) is 1.03. The molecule has 2 nitrogen and oxygen atoms in total. The SMILES string of the molecule is C=CCN(CC=C)C(=O)/C=C\I. The molecule has 0 saturated carbocycles. The zero-order chi connectivity index (χ0) is 9.40. The quantitative estimate of drug-likeness (QED) is 0.428. The number of nitrogens with zero attached hydrogens (tertiary/aromatic N) is 1. The third-order valence-corrected chi connectivity index (χ3v) is 1.58. The van der Waals surface area contributed by atoms with Crippen molar-refractivity contribution in [1.29, 1.82) is 0 Å². The molecule has 0 aliphatic heterocycles. The molecule has 0 heterocycles. The van der Waals surface area contributed by atoms with E-state index in [1.165, 1.54) is 6.08 Å². The highest BCUT2D eigenvalue weighted by molar-refractivity contribution is 14.1. The van der Waals surface area contributed by atoms with Crippen LogP contribution in [0, 0.1) is 0 Å². The lowest BCUT2D eigenvalue weighted by Gasteiger charge is -2.16. The van der Waals surface area contributed by atoms with Crippen LogP contribution in [0.5, 0.6) is 0 Å². The van der Waals surface area contributed by atoms with Gasteiger partial charge < -0.3 is 4.90 Å². The summed E-state index contributed by atoms with van der Waals surface area (Å²) in [6.07, 6.45) is 4.92. The van der Waals surface area contributed by atoms with E-state index < -0.39 is 0 Å². The van der Waals surface area contributed by atoms with Crippen molar-refractivity contribution in [1.82, 2.24) is 4.90 Å². The zero-order valence-electron chi connectivity index (χ0n) is 6.87. The summed E-state index contributed by atoms with van der Waals surface area (Å²) in [6.45, 7) is 8.26. The van der Waals surface area contributed by atoms with Gasteiger partial charge >= 0.3 is 0 Å². The third-order valence-electron chi connectivity index (χ3n) is 1.22. The number of halogens is 1. The molecule has 0 radical (unpaired) electrons. The van der Waals surface area contributed by atoms with Crippen molar-refractivity contribution >= 4 is 28.5 Å². The van der Waals surface area contributed by atoms with Crippen LogP contribution >= 0.6 is 22.6 Å². The van der Waals surface area contributed by atoms with Gasteiger partial charge in [0.05, 0.1) is 0 Å². The molecule has 0 aromatic carbocycles. The second-order valence-electron chi connectivity index (χ2n) is 2.11. The number of rotatable bonds is 5. The van der Waals surface area contributed by atoms with Gasteiger partial charge in [-0.3, -0.25) is 4.79 Å². The van der Waals surface area contributed by atoms with Crippen LogP contribution in [-0.4, -0.2) is 23.9 Å². The maximum absolute atomic E-state index is 11.3. The molecule has 0 N–H and O–H groups in total. The van der Waals surface area contributed by atoms with E-state index in [0.717, 1.165) is 0 Å². The van der Waals surface area contributed by atoms with Gasteiger partial charge in [0.1, 0.15) is 0 Å². The molecular weight excluding hydrogens is 265 g/mol. The van der Waals surface area contributed by atoms with Crippen LogP contribution in [-0.2, 0) is 4.79 Å². The minimum Gasteiger partial charge on any atom is -0.332 e. The van der Waals surface area contributed by atoms with Crippen molar-refractivity contribution in [3.05, 3.63) is 35.5 Å². The van der Waals surface area contributed by atoms with E-state index in [-0.39, 0.29) is 5.91 Å². The van der Waals surface area contributed by atoms with Crippen LogP contribution in [0.1, 0.15) is 0 Å². The van der Waals surface area contributed by atoms with Crippen molar-refractivity contribution in [2.75, 3.05) is 13.1 Å². The Kier molecular flexibility index (Phi) is 6.75. The number of amides is 1. The maximum atomic E-state index is 11.3. The van der Waals surface area contributed by atoms with Crippen LogP contribution in [0.25, 0.3) is 0 Å². The van der Waals surface area contributed by atoms with Gasteiger partial charge in [0.15, 0.2) is 0 Å². The van der Waals surface area contributed by atoms with E-state index in [1.54, 1.807) is 21.1 Å². The van der Waals surface area contributed by atoms with Crippen molar-refractivity contribution in [2.45, 2.75) is 0 Å². The Bertz CT molecular complexity index is 189. The van der Waals surface area contributed by atoms with Crippen molar-refractivity contribution in [2.24, 2.45) is 0 Å². The number of carbonyl (C=O) groups is 1. The second kappa shape index (κ2) is 7.09. The normalized spacial score (nSPS) is 9.75. The lowest BCUT2D eigenvalue weighted by atomic mass is 10.4. The average molecular weight is 277 g/mol. The maximum Gasteiger partial charge on any atom is 0.247 e. The van der Waals surface area contributed by atoms with Crippen LogP contribution in [0.4, 0.5) is 0 Å². The Balaban J connectivity index is 4.16. The zero-order valence-corrected chi connectivity index (χ0v) is 9.03. The minimum atomic E-state index is -0.01000. The van der Waals surface area contributed by atoms with Gasteiger partial charge in [0.25, 0.3) is 0 Å². The van der Waals surface area contributed by atoms with E-state index in [2.05, 4.69) is 13.2 Å².